The van der Waals surface area contributed by atoms with E-state index in [4.69, 9.17) is 5.11 Å². The highest BCUT2D eigenvalue weighted by atomic mass is 19.1. The van der Waals surface area contributed by atoms with Crippen molar-refractivity contribution in [1.29, 1.82) is 0 Å². The zero-order valence-electron chi connectivity index (χ0n) is 10.0. The smallest absolute Gasteiger partial charge is 0.326 e. The number of para-hydroxylation sites is 1. The van der Waals surface area contributed by atoms with Crippen LogP contribution in [-0.2, 0) is 16.0 Å². The molecule has 0 saturated heterocycles. The van der Waals surface area contributed by atoms with E-state index < -0.39 is 24.6 Å². The van der Waals surface area contributed by atoms with Crippen LogP contribution in [0.1, 0.15) is 5.56 Å². The Kier molecular flexibility index (Phi) is 3.79. The normalized spacial score (nSPS) is 12.3. The van der Waals surface area contributed by atoms with Crippen LogP contribution in [0, 0.1) is 0 Å². The van der Waals surface area contributed by atoms with Crippen molar-refractivity contribution in [2.24, 2.45) is 0 Å². The van der Waals surface area contributed by atoms with Gasteiger partial charge in [-0.15, -0.1) is 0 Å². The van der Waals surface area contributed by atoms with Crippen molar-refractivity contribution in [1.82, 2.24) is 10.3 Å². The summed E-state index contributed by atoms with van der Waals surface area (Å²) in [5, 5.41) is 12.1. The standard InChI is InChI=1S/C13H13FN2O3/c14-6-12(17)16-11(13(18)19)5-8-7-15-10-4-2-1-3-9(8)10/h1-4,7,11,15H,5-6H2,(H,16,17)(H,18,19)/t11-/m1/s1. The molecule has 1 atom stereocenters. The lowest BCUT2D eigenvalue weighted by Gasteiger charge is -2.12. The first-order chi connectivity index (χ1) is 9.11. The molecule has 1 aromatic carbocycles. The lowest BCUT2D eigenvalue weighted by Crippen LogP contribution is -2.42. The van der Waals surface area contributed by atoms with Gasteiger partial charge >= 0.3 is 5.97 Å². The van der Waals surface area contributed by atoms with E-state index >= 15 is 0 Å². The van der Waals surface area contributed by atoms with E-state index in [2.05, 4.69) is 10.3 Å². The Morgan fingerprint density at radius 2 is 2.11 bits per heavy atom. The number of hydrogen-bond donors (Lipinski definition) is 3. The van der Waals surface area contributed by atoms with Gasteiger partial charge in [0.25, 0.3) is 5.91 Å². The number of rotatable bonds is 5. The molecule has 0 radical (unpaired) electrons. The lowest BCUT2D eigenvalue weighted by atomic mass is 10.1. The second-order valence-corrected chi connectivity index (χ2v) is 4.16. The van der Waals surface area contributed by atoms with Crippen molar-refractivity contribution >= 4 is 22.8 Å². The Labute approximate surface area is 108 Å². The van der Waals surface area contributed by atoms with Gasteiger partial charge in [-0.3, -0.25) is 4.79 Å². The number of carbonyl (C=O) groups is 2. The third-order valence-electron chi connectivity index (χ3n) is 2.85. The Hall–Kier alpha value is -2.37. The fourth-order valence-electron chi connectivity index (χ4n) is 1.95. The second-order valence-electron chi connectivity index (χ2n) is 4.16. The molecule has 2 rings (SSSR count). The average molecular weight is 264 g/mol. The number of alkyl halides is 1. The summed E-state index contributed by atoms with van der Waals surface area (Å²) in [6.07, 6.45) is 1.80. The summed E-state index contributed by atoms with van der Waals surface area (Å²) >= 11 is 0. The number of carbonyl (C=O) groups excluding carboxylic acids is 1. The maximum Gasteiger partial charge on any atom is 0.326 e. The number of aromatic amines is 1. The van der Waals surface area contributed by atoms with E-state index in [0.29, 0.717) is 0 Å². The summed E-state index contributed by atoms with van der Waals surface area (Å²) < 4.78 is 12.1. The van der Waals surface area contributed by atoms with Gasteiger partial charge < -0.3 is 15.4 Å². The highest BCUT2D eigenvalue weighted by Gasteiger charge is 2.21. The van der Waals surface area contributed by atoms with Gasteiger partial charge in [0.1, 0.15) is 6.04 Å². The number of amides is 1. The molecule has 100 valence electrons. The van der Waals surface area contributed by atoms with E-state index in [0.717, 1.165) is 16.5 Å². The number of nitrogens with one attached hydrogen (secondary N) is 2. The predicted molar refractivity (Wildman–Crippen MR) is 67.5 cm³/mol. The topological polar surface area (TPSA) is 82.2 Å². The van der Waals surface area contributed by atoms with Crippen molar-refractivity contribution < 1.29 is 19.1 Å². The molecule has 3 N–H and O–H groups in total. The molecule has 0 spiro atoms. The summed E-state index contributed by atoms with van der Waals surface area (Å²) in [4.78, 5) is 25.0. The minimum absolute atomic E-state index is 0.102. The molecule has 0 aliphatic heterocycles. The van der Waals surface area contributed by atoms with E-state index in [1.807, 2.05) is 24.3 Å². The van der Waals surface area contributed by atoms with E-state index in [9.17, 15) is 14.0 Å². The highest BCUT2D eigenvalue weighted by Crippen LogP contribution is 2.19. The molecule has 5 nitrogen and oxygen atoms in total. The van der Waals surface area contributed by atoms with Gasteiger partial charge in [0.2, 0.25) is 0 Å². The zero-order valence-corrected chi connectivity index (χ0v) is 10.0. The first-order valence-electron chi connectivity index (χ1n) is 5.75. The van der Waals surface area contributed by atoms with Gasteiger partial charge in [-0.05, 0) is 11.6 Å². The molecule has 1 amide bonds. The third kappa shape index (κ3) is 2.90. The maximum absolute atomic E-state index is 12.1. The van der Waals surface area contributed by atoms with Crippen LogP contribution in [-0.4, -0.2) is 34.7 Å². The van der Waals surface area contributed by atoms with Crippen LogP contribution in [0.2, 0.25) is 0 Å². The van der Waals surface area contributed by atoms with E-state index in [-0.39, 0.29) is 6.42 Å². The van der Waals surface area contributed by atoms with Crippen LogP contribution in [0.5, 0.6) is 0 Å². The largest absolute Gasteiger partial charge is 0.480 e. The van der Waals surface area contributed by atoms with Crippen molar-refractivity contribution in [2.45, 2.75) is 12.5 Å². The number of aromatic nitrogens is 1. The quantitative estimate of drug-likeness (QED) is 0.760. The number of benzene rings is 1. The van der Waals surface area contributed by atoms with Gasteiger partial charge in [-0.2, -0.15) is 0 Å². The Morgan fingerprint density at radius 3 is 2.79 bits per heavy atom. The predicted octanol–water partition coefficient (Wildman–Crippen LogP) is 1.25. The number of H-pyrrole nitrogens is 1. The van der Waals surface area contributed by atoms with Gasteiger partial charge in [-0.1, -0.05) is 18.2 Å². The molecule has 0 bridgehead atoms. The van der Waals surface area contributed by atoms with Crippen LogP contribution >= 0.6 is 0 Å². The summed E-state index contributed by atoms with van der Waals surface area (Å²) in [7, 11) is 0. The summed E-state index contributed by atoms with van der Waals surface area (Å²) in [6, 6.07) is 6.30. The number of aliphatic carboxylic acids is 1. The van der Waals surface area contributed by atoms with Crippen LogP contribution in [0.15, 0.2) is 30.5 Å². The van der Waals surface area contributed by atoms with Crippen LogP contribution < -0.4 is 5.32 Å². The molecule has 0 aliphatic rings. The van der Waals surface area contributed by atoms with Crippen molar-refractivity contribution in [3.05, 3.63) is 36.0 Å². The SMILES string of the molecule is O=C(CF)N[C@H](Cc1c[nH]c2ccccc12)C(=O)O. The molecule has 1 heterocycles. The van der Waals surface area contributed by atoms with Gasteiger partial charge in [0.15, 0.2) is 6.67 Å². The molecule has 0 saturated carbocycles. The molecule has 0 aliphatic carbocycles. The minimum atomic E-state index is -1.22. The number of halogens is 1. The number of fused-ring (bicyclic) bond motifs is 1. The molecule has 2 aromatic rings. The molecule has 6 heteroatoms. The summed E-state index contributed by atoms with van der Waals surface area (Å²) in [6.45, 7) is -1.22. The number of carboxylic acid groups (broad SMARTS) is 1. The van der Waals surface area contributed by atoms with Gasteiger partial charge in [0, 0.05) is 23.5 Å². The second kappa shape index (κ2) is 5.51. The maximum atomic E-state index is 12.1. The first kappa shape index (κ1) is 13.1. The minimum Gasteiger partial charge on any atom is -0.480 e. The van der Waals surface area contributed by atoms with Crippen LogP contribution in [0.4, 0.5) is 4.39 Å². The molecule has 1 aromatic heterocycles. The third-order valence-corrected chi connectivity index (χ3v) is 2.85. The van der Waals surface area contributed by atoms with Gasteiger partial charge in [0.05, 0.1) is 0 Å². The van der Waals surface area contributed by atoms with Crippen molar-refractivity contribution in [2.75, 3.05) is 6.67 Å². The Bertz CT molecular complexity index is 609. The Morgan fingerprint density at radius 1 is 1.37 bits per heavy atom. The fraction of sp³-hybridized carbons (Fsp3) is 0.231. The molecule has 0 unspecified atom stereocenters. The highest BCUT2D eigenvalue weighted by molar-refractivity contribution is 5.86. The monoisotopic (exact) mass is 264 g/mol. The van der Waals surface area contributed by atoms with Gasteiger partial charge in [-0.25, -0.2) is 9.18 Å². The van der Waals surface area contributed by atoms with Crippen LogP contribution in [0.25, 0.3) is 10.9 Å². The molecular weight excluding hydrogens is 251 g/mol. The summed E-state index contributed by atoms with van der Waals surface area (Å²) in [5.41, 5.74) is 1.65. The molecule has 0 fully saturated rings. The zero-order chi connectivity index (χ0) is 13.8. The molecule has 19 heavy (non-hydrogen) atoms. The molecular formula is C13H13FN2O3. The number of hydrogen-bond acceptors (Lipinski definition) is 2. The van der Waals surface area contributed by atoms with Crippen LogP contribution in [0.3, 0.4) is 0 Å². The average Bonchev–Trinajstić information content (AvgIpc) is 2.81. The summed E-state index contributed by atoms with van der Waals surface area (Å²) in [5.74, 6) is -2.11. The first-order valence-corrected chi connectivity index (χ1v) is 5.75. The Balaban J connectivity index is 2.21. The number of carboxylic acids is 1. The van der Waals surface area contributed by atoms with Crippen molar-refractivity contribution in [3.63, 3.8) is 0 Å². The fourth-order valence-corrected chi connectivity index (χ4v) is 1.95. The van der Waals surface area contributed by atoms with E-state index in [1.165, 1.54) is 0 Å². The van der Waals surface area contributed by atoms with E-state index in [1.54, 1.807) is 6.20 Å². The van der Waals surface area contributed by atoms with Crippen molar-refractivity contribution in [3.8, 4) is 0 Å². The lowest BCUT2D eigenvalue weighted by molar-refractivity contribution is -0.141.